The van der Waals surface area contributed by atoms with Gasteiger partial charge in [-0.15, -0.1) is 0 Å². The predicted molar refractivity (Wildman–Crippen MR) is 67.8 cm³/mol. The first-order valence-corrected chi connectivity index (χ1v) is 5.77. The zero-order chi connectivity index (χ0) is 13.7. The number of nitrogens with one attached hydrogen (secondary N) is 1. The number of benzene rings is 1. The van der Waals surface area contributed by atoms with Gasteiger partial charge in [0.2, 0.25) is 5.91 Å². The van der Waals surface area contributed by atoms with E-state index in [9.17, 15) is 9.59 Å². The van der Waals surface area contributed by atoms with E-state index in [0.717, 1.165) is 0 Å². The summed E-state index contributed by atoms with van der Waals surface area (Å²) in [5, 5.41) is 11.6. The van der Waals surface area contributed by atoms with E-state index in [-0.39, 0.29) is 5.92 Å². The maximum absolute atomic E-state index is 11.8. The van der Waals surface area contributed by atoms with Crippen molar-refractivity contribution in [2.24, 2.45) is 11.7 Å². The lowest BCUT2D eigenvalue weighted by molar-refractivity contribution is -0.142. The zero-order valence-corrected chi connectivity index (χ0v) is 10.5. The molecule has 0 radical (unpaired) electrons. The van der Waals surface area contributed by atoms with Gasteiger partial charge in [-0.25, -0.2) is 4.79 Å². The highest BCUT2D eigenvalue weighted by atomic mass is 16.4. The van der Waals surface area contributed by atoms with Crippen LogP contribution in [0, 0.1) is 5.92 Å². The highest BCUT2D eigenvalue weighted by Crippen LogP contribution is 2.13. The van der Waals surface area contributed by atoms with Crippen LogP contribution in [0.2, 0.25) is 0 Å². The SMILES string of the molecule is CC(C)C(N)C(=O)NC(C(=O)O)c1ccccc1. The van der Waals surface area contributed by atoms with Gasteiger partial charge >= 0.3 is 5.97 Å². The molecule has 0 aliphatic carbocycles. The number of nitrogens with two attached hydrogens (primary N) is 1. The van der Waals surface area contributed by atoms with Crippen molar-refractivity contribution in [2.45, 2.75) is 25.9 Å². The molecule has 2 atom stereocenters. The molecule has 2 unspecified atom stereocenters. The summed E-state index contributed by atoms with van der Waals surface area (Å²) in [5.74, 6) is -1.61. The smallest absolute Gasteiger partial charge is 0.330 e. The Kier molecular flexibility index (Phi) is 4.85. The quantitative estimate of drug-likeness (QED) is 0.724. The molecule has 5 heteroatoms. The molecule has 0 heterocycles. The second-order valence-corrected chi connectivity index (χ2v) is 4.46. The average Bonchev–Trinajstić information content (AvgIpc) is 2.35. The molecular formula is C13H18N2O3. The number of hydrogen-bond donors (Lipinski definition) is 3. The van der Waals surface area contributed by atoms with Crippen molar-refractivity contribution in [1.29, 1.82) is 0 Å². The number of amides is 1. The van der Waals surface area contributed by atoms with Crippen LogP contribution in [0.25, 0.3) is 0 Å². The van der Waals surface area contributed by atoms with E-state index in [2.05, 4.69) is 5.32 Å². The lowest BCUT2D eigenvalue weighted by atomic mass is 10.0. The minimum Gasteiger partial charge on any atom is -0.479 e. The van der Waals surface area contributed by atoms with E-state index in [1.807, 2.05) is 13.8 Å². The predicted octanol–water partition coefficient (Wildman–Crippen LogP) is 0.912. The second-order valence-electron chi connectivity index (χ2n) is 4.46. The van der Waals surface area contributed by atoms with Crippen molar-refractivity contribution in [3.05, 3.63) is 35.9 Å². The Bertz CT molecular complexity index is 418. The summed E-state index contributed by atoms with van der Waals surface area (Å²) in [6.45, 7) is 3.62. The van der Waals surface area contributed by atoms with E-state index >= 15 is 0 Å². The first-order chi connectivity index (χ1) is 8.43. The molecule has 5 nitrogen and oxygen atoms in total. The first-order valence-electron chi connectivity index (χ1n) is 5.77. The van der Waals surface area contributed by atoms with E-state index in [1.54, 1.807) is 30.3 Å². The Labute approximate surface area is 106 Å². The molecule has 1 aromatic rings. The zero-order valence-electron chi connectivity index (χ0n) is 10.5. The molecule has 1 amide bonds. The summed E-state index contributed by atoms with van der Waals surface area (Å²) in [6, 6.07) is 6.75. The number of carbonyl (C=O) groups is 2. The fourth-order valence-corrected chi connectivity index (χ4v) is 1.47. The van der Waals surface area contributed by atoms with Gasteiger partial charge in [-0.05, 0) is 11.5 Å². The number of aliphatic carboxylic acids is 1. The van der Waals surface area contributed by atoms with Crippen LogP contribution in [-0.4, -0.2) is 23.0 Å². The number of carboxylic acid groups (broad SMARTS) is 1. The lowest BCUT2D eigenvalue weighted by Crippen LogP contribution is -2.46. The molecule has 1 aromatic carbocycles. The van der Waals surface area contributed by atoms with Crippen LogP contribution >= 0.6 is 0 Å². The minimum absolute atomic E-state index is 0.0461. The van der Waals surface area contributed by atoms with Gasteiger partial charge in [0.15, 0.2) is 6.04 Å². The molecule has 4 N–H and O–H groups in total. The van der Waals surface area contributed by atoms with Crippen molar-refractivity contribution < 1.29 is 14.7 Å². The number of rotatable bonds is 5. The van der Waals surface area contributed by atoms with Crippen LogP contribution in [-0.2, 0) is 9.59 Å². The lowest BCUT2D eigenvalue weighted by Gasteiger charge is -2.20. The molecule has 0 bridgehead atoms. The Morgan fingerprint density at radius 3 is 2.22 bits per heavy atom. The van der Waals surface area contributed by atoms with Gasteiger partial charge < -0.3 is 16.2 Å². The largest absolute Gasteiger partial charge is 0.479 e. The van der Waals surface area contributed by atoms with Crippen molar-refractivity contribution >= 4 is 11.9 Å². The van der Waals surface area contributed by atoms with Crippen molar-refractivity contribution in [2.75, 3.05) is 0 Å². The topological polar surface area (TPSA) is 92.4 Å². The van der Waals surface area contributed by atoms with Gasteiger partial charge in [-0.1, -0.05) is 44.2 Å². The van der Waals surface area contributed by atoms with Crippen LogP contribution in [0.5, 0.6) is 0 Å². The summed E-state index contributed by atoms with van der Waals surface area (Å²) in [7, 11) is 0. The van der Waals surface area contributed by atoms with Gasteiger partial charge in [0, 0.05) is 0 Å². The van der Waals surface area contributed by atoms with Crippen molar-refractivity contribution in [3.8, 4) is 0 Å². The van der Waals surface area contributed by atoms with E-state index in [1.165, 1.54) is 0 Å². The van der Waals surface area contributed by atoms with Gasteiger partial charge in [0.25, 0.3) is 0 Å². The standard InChI is InChI=1S/C13H18N2O3/c1-8(2)10(14)12(16)15-11(13(17)18)9-6-4-3-5-7-9/h3-8,10-11H,14H2,1-2H3,(H,15,16)(H,17,18). The highest BCUT2D eigenvalue weighted by molar-refractivity contribution is 5.87. The fourth-order valence-electron chi connectivity index (χ4n) is 1.47. The normalized spacial score (nSPS) is 14.0. The summed E-state index contributed by atoms with van der Waals surface area (Å²) >= 11 is 0. The second kappa shape index (κ2) is 6.16. The van der Waals surface area contributed by atoms with E-state index in [0.29, 0.717) is 5.56 Å². The van der Waals surface area contributed by atoms with E-state index in [4.69, 9.17) is 10.8 Å². The van der Waals surface area contributed by atoms with E-state index < -0.39 is 24.0 Å². The maximum Gasteiger partial charge on any atom is 0.330 e. The molecule has 0 aliphatic rings. The third kappa shape index (κ3) is 3.56. The van der Waals surface area contributed by atoms with Crippen LogP contribution in [0.3, 0.4) is 0 Å². The monoisotopic (exact) mass is 250 g/mol. The molecule has 0 saturated heterocycles. The van der Waals surface area contributed by atoms with Gasteiger partial charge in [0.1, 0.15) is 0 Å². The summed E-state index contributed by atoms with van der Waals surface area (Å²) < 4.78 is 0. The van der Waals surface area contributed by atoms with Gasteiger partial charge in [-0.3, -0.25) is 4.79 Å². The Hall–Kier alpha value is -1.88. The van der Waals surface area contributed by atoms with Crippen LogP contribution in [0.4, 0.5) is 0 Å². The number of hydrogen-bond acceptors (Lipinski definition) is 3. The Morgan fingerprint density at radius 1 is 1.22 bits per heavy atom. The average molecular weight is 250 g/mol. The molecule has 98 valence electrons. The van der Waals surface area contributed by atoms with Gasteiger partial charge in [0.05, 0.1) is 6.04 Å². The molecule has 0 fully saturated rings. The van der Waals surface area contributed by atoms with Gasteiger partial charge in [-0.2, -0.15) is 0 Å². The van der Waals surface area contributed by atoms with Crippen LogP contribution in [0.15, 0.2) is 30.3 Å². The maximum atomic E-state index is 11.8. The Morgan fingerprint density at radius 2 is 1.78 bits per heavy atom. The van der Waals surface area contributed by atoms with Crippen LogP contribution in [0.1, 0.15) is 25.5 Å². The first kappa shape index (κ1) is 14.2. The van der Waals surface area contributed by atoms with Crippen molar-refractivity contribution in [1.82, 2.24) is 5.32 Å². The summed E-state index contributed by atoms with van der Waals surface area (Å²) in [4.78, 5) is 22.9. The molecular weight excluding hydrogens is 232 g/mol. The molecule has 18 heavy (non-hydrogen) atoms. The minimum atomic E-state index is -1.11. The Balaban J connectivity index is 2.83. The molecule has 1 rings (SSSR count). The molecule has 0 saturated carbocycles. The van der Waals surface area contributed by atoms with Crippen molar-refractivity contribution in [3.63, 3.8) is 0 Å². The molecule has 0 aliphatic heterocycles. The van der Waals surface area contributed by atoms with Crippen LogP contribution < -0.4 is 11.1 Å². The summed E-state index contributed by atoms with van der Waals surface area (Å²) in [6.07, 6.45) is 0. The third-order valence-electron chi connectivity index (χ3n) is 2.69. The molecule has 0 spiro atoms. The fraction of sp³-hybridized carbons (Fsp3) is 0.385. The number of carbonyl (C=O) groups excluding carboxylic acids is 1. The number of carboxylic acids is 1. The third-order valence-corrected chi connectivity index (χ3v) is 2.69. The summed E-state index contributed by atoms with van der Waals surface area (Å²) in [5.41, 5.74) is 6.20. The highest BCUT2D eigenvalue weighted by Gasteiger charge is 2.25. The molecule has 0 aromatic heterocycles.